The van der Waals surface area contributed by atoms with Gasteiger partial charge < -0.3 is 14.7 Å². The fraction of sp³-hybridized carbons (Fsp3) is 0.600. The van der Waals surface area contributed by atoms with Crippen LogP contribution in [0.5, 0.6) is 5.75 Å². The average Bonchev–Trinajstić information content (AvgIpc) is 3.37. The lowest BCUT2D eigenvalue weighted by molar-refractivity contribution is -0.133. The number of nitrogens with two attached hydrogens (primary N) is 1. The first-order chi connectivity index (χ1) is 15.9. The van der Waals surface area contributed by atoms with Gasteiger partial charge in [-0.1, -0.05) is 26.0 Å². The van der Waals surface area contributed by atoms with Crippen molar-refractivity contribution in [3.63, 3.8) is 0 Å². The van der Waals surface area contributed by atoms with Crippen LogP contribution in [0.3, 0.4) is 0 Å². The number of hydrogen-bond acceptors (Lipinski definition) is 5. The van der Waals surface area contributed by atoms with E-state index in [1.807, 2.05) is 19.1 Å². The summed E-state index contributed by atoms with van der Waals surface area (Å²) in [6.07, 6.45) is 3.30. The van der Waals surface area contributed by atoms with Gasteiger partial charge in [-0.2, -0.15) is 13.9 Å². The zero-order valence-corrected chi connectivity index (χ0v) is 20.2. The number of aliphatic hydroxyl groups is 1. The Morgan fingerprint density at radius 3 is 2.59 bits per heavy atom. The topological polar surface area (TPSA) is 93.6 Å². The summed E-state index contributed by atoms with van der Waals surface area (Å²) < 4.78 is 35.3. The van der Waals surface area contributed by atoms with E-state index in [9.17, 15) is 18.7 Å². The van der Waals surface area contributed by atoms with E-state index in [4.69, 9.17) is 10.5 Å². The first kappa shape index (κ1) is 24.6. The zero-order valence-electron chi connectivity index (χ0n) is 20.2. The molecule has 0 radical (unpaired) electrons. The molecule has 1 saturated heterocycles. The van der Waals surface area contributed by atoms with Crippen LogP contribution in [0.25, 0.3) is 0 Å². The van der Waals surface area contributed by atoms with Gasteiger partial charge in [0.2, 0.25) is 5.91 Å². The van der Waals surface area contributed by atoms with Crippen LogP contribution in [0.15, 0.2) is 24.3 Å². The van der Waals surface area contributed by atoms with E-state index in [0.717, 1.165) is 37.3 Å². The Labute approximate surface area is 198 Å². The number of carbonyl (C=O) groups excluding carboxylic acids is 1. The molecule has 7 nitrogen and oxygen atoms in total. The van der Waals surface area contributed by atoms with E-state index in [-0.39, 0.29) is 36.0 Å². The summed E-state index contributed by atoms with van der Waals surface area (Å²) in [4.78, 5) is 15.2. The predicted octanol–water partition coefficient (Wildman–Crippen LogP) is 4.05. The van der Waals surface area contributed by atoms with Gasteiger partial charge in [0.1, 0.15) is 18.0 Å². The molecule has 3 atom stereocenters. The molecule has 3 N–H and O–H groups in total. The maximum atomic E-state index is 14.3. The van der Waals surface area contributed by atoms with Crippen molar-refractivity contribution in [2.75, 3.05) is 6.54 Å². The molecule has 1 aliphatic carbocycles. The number of alkyl halides is 2. The zero-order chi connectivity index (χ0) is 24.8. The van der Waals surface area contributed by atoms with Crippen molar-refractivity contribution in [1.82, 2.24) is 14.7 Å². The highest BCUT2D eigenvalue weighted by Gasteiger charge is 2.39. The van der Waals surface area contributed by atoms with Crippen LogP contribution in [0.1, 0.15) is 81.4 Å². The summed E-state index contributed by atoms with van der Waals surface area (Å²) in [5, 5.41) is 14.3. The number of hydrogen-bond donors (Lipinski definition) is 2. The van der Waals surface area contributed by atoms with E-state index in [1.165, 1.54) is 17.7 Å². The second-order valence-corrected chi connectivity index (χ2v) is 9.91. The van der Waals surface area contributed by atoms with Crippen LogP contribution in [0.4, 0.5) is 8.78 Å². The van der Waals surface area contributed by atoms with Crippen molar-refractivity contribution in [3.05, 3.63) is 46.8 Å². The fourth-order valence-electron chi connectivity index (χ4n) is 4.97. The second-order valence-electron chi connectivity index (χ2n) is 9.91. The van der Waals surface area contributed by atoms with E-state index >= 15 is 0 Å². The summed E-state index contributed by atoms with van der Waals surface area (Å²) in [6.45, 7) is 6.55. The molecule has 2 heterocycles. The minimum Gasteiger partial charge on any atom is -0.449 e. The van der Waals surface area contributed by atoms with Gasteiger partial charge in [-0.05, 0) is 54.9 Å². The van der Waals surface area contributed by atoms with Gasteiger partial charge in [0.05, 0.1) is 11.7 Å². The fourth-order valence-corrected chi connectivity index (χ4v) is 4.97. The van der Waals surface area contributed by atoms with Crippen LogP contribution in [0, 0.1) is 5.92 Å². The molecule has 2 aliphatic rings. The number of rotatable bonds is 8. The Bertz CT molecular complexity index is 1050. The highest BCUT2D eigenvalue weighted by atomic mass is 19.3. The molecular formula is C25H34F2N4O3. The van der Waals surface area contributed by atoms with Gasteiger partial charge in [-0.25, -0.2) is 0 Å². The molecule has 1 aromatic heterocycles. The number of nitrogens with zero attached hydrogens (tertiary/aromatic N) is 3. The summed E-state index contributed by atoms with van der Waals surface area (Å²) in [7, 11) is 0. The van der Waals surface area contributed by atoms with Crippen molar-refractivity contribution in [3.8, 4) is 5.75 Å². The summed E-state index contributed by atoms with van der Waals surface area (Å²) in [5.74, 6) is -4.32. The van der Waals surface area contributed by atoms with E-state index in [2.05, 4.69) is 12.0 Å². The van der Waals surface area contributed by atoms with Crippen LogP contribution in [-0.2, 0) is 23.7 Å². The van der Waals surface area contributed by atoms with Crippen LogP contribution in [0.2, 0.25) is 0 Å². The average molecular weight is 477 g/mol. The third-order valence-electron chi connectivity index (χ3n) is 6.71. The van der Waals surface area contributed by atoms with Crippen LogP contribution < -0.4 is 10.5 Å². The molecule has 1 saturated carbocycles. The molecule has 4 rings (SSSR count). The first-order valence-corrected chi connectivity index (χ1v) is 12.0. The quantitative estimate of drug-likeness (QED) is 0.561. The molecule has 9 heteroatoms. The Hall–Kier alpha value is -2.52. The summed E-state index contributed by atoms with van der Waals surface area (Å²) in [5.41, 5.74) is 7.86. The number of benzene rings is 1. The van der Waals surface area contributed by atoms with Gasteiger partial charge in [0.15, 0.2) is 0 Å². The van der Waals surface area contributed by atoms with Crippen molar-refractivity contribution in [1.29, 1.82) is 0 Å². The Kier molecular flexibility index (Phi) is 6.46. The third kappa shape index (κ3) is 5.10. The maximum Gasteiger partial charge on any atom is 0.286 e. The number of amides is 1. The lowest BCUT2D eigenvalue weighted by atomic mass is 9.90. The highest BCUT2D eigenvalue weighted by Crippen LogP contribution is 2.43. The lowest BCUT2D eigenvalue weighted by Crippen LogP contribution is -2.42. The molecule has 1 aromatic carbocycles. The minimum atomic E-state index is -3.08. The maximum absolute atomic E-state index is 14.3. The highest BCUT2D eigenvalue weighted by molar-refractivity contribution is 5.77. The number of likely N-dealkylation sites (tertiary alicyclic amines) is 1. The van der Waals surface area contributed by atoms with Crippen molar-refractivity contribution in [2.24, 2.45) is 11.7 Å². The van der Waals surface area contributed by atoms with Gasteiger partial charge in [-0.15, -0.1) is 0 Å². The monoisotopic (exact) mass is 476 g/mol. The van der Waals surface area contributed by atoms with Crippen LogP contribution in [-0.4, -0.2) is 38.1 Å². The number of halogens is 2. The normalized spacial score (nSPS) is 22.6. The number of ether oxygens (including phenoxy) is 1. The Balaban J connectivity index is 1.64. The van der Waals surface area contributed by atoms with Gasteiger partial charge in [0.25, 0.3) is 11.8 Å². The largest absolute Gasteiger partial charge is 0.449 e. The summed E-state index contributed by atoms with van der Waals surface area (Å²) in [6, 6.07) is 6.72. The molecule has 34 heavy (non-hydrogen) atoms. The van der Waals surface area contributed by atoms with Gasteiger partial charge in [0, 0.05) is 26.3 Å². The van der Waals surface area contributed by atoms with Gasteiger partial charge in [-0.3, -0.25) is 15.2 Å². The standard InChI is InChI=1S/C25H34F2N4O3/c1-5-17-18(7-6-8-20(17)34-25(4,28)33)23-15(2)11-12-30(23)22(32)14-31-21(24(3,26)27)13-19(29-31)16-9-10-16/h6-8,13,15-16,23,33H,5,9-12,14,28H2,1-4H3. The molecule has 1 amide bonds. The molecule has 1 aliphatic heterocycles. The van der Waals surface area contributed by atoms with Crippen LogP contribution >= 0.6 is 0 Å². The summed E-state index contributed by atoms with van der Waals surface area (Å²) >= 11 is 0. The predicted molar refractivity (Wildman–Crippen MR) is 123 cm³/mol. The molecule has 186 valence electrons. The first-order valence-electron chi connectivity index (χ1n) is 12.0. The Morgan fingerprint density at radius 1 is 1.29 bits per heavy atom. The molecule has 2 aromatic rings. The second kappa shape index (κ2) is 8.92. The van der Waals surface area contributed by atoms with Crippen molar-refractivity contribution >= 4 is 5.91 Å². The van der Waals surface area contributed by atoms with Crippen molar-refractivity contribution < 1.29 is 23.4 Å². The number of carbonyl (C=O) groups is 1. The lowest BCUT2D eigenvalue weighted by Gasteiger charge is -2.31. The Morgan fingerprint density at radius 2 is 2.00 bits per heavy atom. The van der Waals surface area contributed by atoms with Crippen molar-refractivity contribution in [2.45, 2.75) is 83.7 Å². The molecule has 0 spiro atoms. The van der Waals surface area contributed by atoms with E-state index in [1.54, 1.807) is 11.0 Å². The smallest absolute Gasteiger partial charge is 0.286 e. The molecule has 2 fully saturated rings. The molecule has 3 unspecified atom stereocenters. The SMILES string of the molecule is CCc1c(OC(C)(N)O)cccc1C1C(C)CCN1C(=O)Cn1nc(C2CC2)cc1C(C)(F)F. The number of aromatic nitrogens is 2. The van der Waals surface area contributed by atoms with E-state index in [0.29, 0.717) is 24.4 Å². The van der Waals surface area contributed by atoms with E-state index < -0.39 is 11.8 Å². The third-order valence-corrected chi connectivity index (χ3v) is 6.71. The molecular weight excluding hydrogens is 442 g/mol. The molecule has 0 bridgehead atoms. The van der Waals surface area contributed by atoms with Gasteiger partial charge >= 0.3 is 0 Å². The minimum absolute atomic E-state index is 0.162.